The molecule has 1 atom stereocenters. The molecule has 1 unspecified atom stereocenters. The highest BCUT2D eigenvalue weighted by molar-refractivity contribution is 5.51. The van der Waals surface area contributed by atoms with E-state index in [0.29, 0.717) is 6.54 Å². The van der Waals surface area contributed by atoms with Crippen molar-refractivity contribution in [3.63, 3.8) is 0 Å². The predicted octanol–water partition coefficient (Wildman–Crippen LogP) is 1.86. The molecular weight excluding hydrogens is 212 g/mol. The molecule has 0 saturated carbocycles. The molecule has 0 aliphatic carbocycles. The molecule has 1 aromatic rings. The molecule has 2 N–H and O–H groups in total. The van der Waals surface area contributed by atoms with Gasteiger partial charge in [-0.15, -0.1) is 0 Å². The lowest BCUT2D eigenvalue weighted by Crippen LogP contribution is -2.43. The zero-order valence-electron chi connectivity index (χ0n) is 10.8. The molecule has 1 heterocycles. The van der Waals surface area contributed by atoms with Gasteiger partial charge in [0.05, 0.1) is 12.7 Å². The van der Waals surface area contributed by atoms with E-state index in [1.165, 1.54) is 16.8 Å². The van der Waals surface area contributed by atoms with Crippen molar-refractivity contribution in [2.75, 3.05) is 31.1 Å². The highest BCUT2D eigenvalue weighted by atomic mass is 16.5. The number of ether oxygens (including phenoxy) is 1. The molecule has 1 aliphatic rings. The second-order valence-electron chi connectivity index (χ2n) is 4.78. The van der Waals surface area contributed by atoms with Gasteiger partial charge >= 0.3 is 0 Å². The summed E-state index contributed by atoms with van der Waals surface area (Å²) >= 11 is 0. The van der Waals surface area contributed by atoms with Gasteiger partial charge in [-0.1, -0.05) is 6.07 Å². The van der Waals surface area contributed by atoms with Crippen LogP contribution in [0.25, 0.3) is 0 Å². The summed E-state index contributed by atoms with van der Waals surface area (Å²) in [5, 5.41) is 0. The average Bonchev–Trinajstić information content (AvgIpc) is 2.33. The zero-order chi connectivity index (χ0) is 12.3. The van der Waals surface area contributed by atoms with Crippen molar-refractivity contribution in [3.8, 4) is 0 Å². The number of rotatable bonds is 3. The Morgan fingerprint density at radius 2 is 2.18 bits per heavy atom. The lowest BCUT2D eigenvalue weighted by molar-refractivity contribution is 0.0369. The van der Waals surface area contributed by atoms with Crippen LogP contribution in [-0.2, 0) is 4.74 Å². The van der Waals surface area contributed by atoms with Crippen molar-refractivity contribution in [1.82, 2.24) is 0 Å². The molecule has 1 saturated heterocycles. The molecule has 0 spiro atoms. The lowest BCUT2D eigenvalue weighted by Gasteiger charge is -2.34. The fraction of sp³-hybridized carbons (Fsp3) is 0.571. The van der Waals surface area contributed by atoms with Crippen LogP contribution in [0, 0.1) is 13.8 Å². The van der Waals surface area contributed by atoms with E-state index < -0.39 is 0 Å². The van der Waals surface area contributed by atoms with Gasteiger partial charge in [0, 0.05) is 18.8 Å². The van der Waals surface area contributed by atoms with Gasteiger partial charge in [0.25, 0.3) is 0 Å². The van der Waals surface area contributed by atoms with E-state index in [1.54, 1.807) is 0 Å². The lowest BCUT2D eigenvalue weighted by atomic mass is 10.1. The third-order valence-electron chi connectivity index (χ3n) is 3.48. The summed E-state index contributed by atoms with van der Waals surface area (Å²) in [5.74, 6) is 0. The second-order valence-corrected chi connectivity index (χ2v) is 4.78. The number of nitrogens with zero attached hydrogens (tertiary/aromatic N) is 1. The molecule has 0 bridgehead atoms. The minimum Gasteiger partial charge on any atom is -0.374 e. The molecule has 94 valence electrons. The molecule has 1 aromatic carbocycles. The van der Waals surface area contributed by atoms with Gasteiger partial charge in [0.2, 0.25) is 0 Å². The van der Waals surface area contributed by atoms with E-state index in [9.17, 15) is 0 Å². The number of nitrogens with two attached hydrogens (primary N) is 1. The first kappa shape index (κ1) is 12.4. The number of aryl methyl sites for hydroxylation is 2. The van der Waals surface area contributed by atoms with E-state index in [1.807, 2.05) is 0 Å². The summed E-state index contributed by atoms with van der Waals surface area (Å²) < 4.78 is 5.70. The first-order valence-electron chi connectivity index (χ1n) is 6.34. The van der Waals surface area contributed by atoms with E-state index in [2.05, 4.69) is 36.9 Å². The van der Waals surface area contributed by atoms with Crippen LogP contribution in [0.3, 0.4) is 0 Å². The Hall–Kier alpha value is -1.06. The monoisotopic (exact) mass is 234 g/mol. The molecule has 0 aromatic heterocycles. The molecule has 1 fully saturated rings. The highest BCUT2D eigenvalue weighted by Gasteiger charge is 2.20. The summed E-state index contributed by atoms with van der Waals surface area (Å²) in [5.41, 5.74) is 9.59. The Morgan fingerprint density at radius 3 is 2.88 bits per heavy atom. The van der Waals surface area contributed by atoms with Crippen LogP contribution in [0.15, 0.2) is 18.2 Å². The number of morpholine rings is 1. The number of anilines is 1. The minimum absolute atomic E-state index is 0.287. The van der Waals surface area contributed by atoms with Crippen molar-refractivity contribution < 1.29 is 4.74 Å². The Labute approximate surface area is 104 Å². The molecule has 2 rings (SSSR count). The minimum atomic E-state index is 0.287. The molecule has 1 aliphatic heterocycles. The van der Waals surface area contributed by atoms with Gasteiger partial charge in [-0.05, 0) is 50.1 Å². The summed E-state index contributed by atoms with van der Waals surface area (Å²) in [6.07, 6.45) is 1.23. The van der Waals surface area contributed by atoms with E-state index in [4.69, 9.17) is 10.5 Å². The third-order valence-corrected chi connectivity index (χ3v) is 3.48. The second kappa shape index (κ2) is 5.52. The van der Waals surface area contributed by atoms with Crippen molar-refractivity contribution in [3.05, 3.63) is 29.3 Å². The van der Waals surface area contributed by atoms with Gasteiger partial charge in [0.15, 0.2) is 0 Å². The van der Waals surface area contributed by atoms with Crippen molar-refractivity contribution >= 4 is 5.69 Å². The third kappa shape index (κ3) is 2.99. The summed E-state index contributed by atoms with van der Waals surface area (Å²) in [6, 6.07) is 6.66. The molecule has 3 heteroatoms. The fourth-order valence-corrected chi connectivity index (χ4v) is 2.24. The van der Waals surface area contributed by atoms with Crippen LogP contribution in [0.2, 0.25) is 0 Å². The van der Waals surface area contributed by atoms with Crippen LogP contribution in [-0.4, -0.2) is 32.3 Å². The van der Waals surface area contributed by atoms with E-state index >= 15 is 0 Å². The van der Waals surface area contributed by atoms with Gasteiger partial charge < -0.3 is 15.4 Å². The highest BCUT2D eigenvalue weighted by Crippen LogP contribution is 2.21. The van der Waals surface area contributed by atoms with Crippen LogP contribution < -0.4 is 10.6 Å². The SMILES string of the molecule is Cc1ccc(N2CCOC(CCN)C2)cc1C. The van der Waals surface area contributed by atoms with Crippen LogP contribution in [0.5, 0.6) is 0 Å². The fourth-order valence-electron chi connectivity index (χ4n) is 2.24. The van der Waals surface area contributed by atoms with E-state index in [0.717, 1.165) is 26.1 Å². The van der Waals surface area contributed by atoms with Gasteiger partial charge in [-0.2, -0.15) is 0 Å². The first-order valence-corrected chi connectivity index (χ1v) is 6.34. The van der Waals surface area contributed by atoms with Crippen molar-refractivity contribution in [2.45, 2.75) is 26.4 Å². The van der Waals surface area contributed by atoms with E-state index in [-0.39, 0.29) is 6.10 Å². The Bertz CT molecular complexity index is 376. The number of benzene rings is 1. The molecule has 17 heavy (non-hydrogen) atoms. The maximum Gasteiger partial charge on any atom is 0.0762 e. The Kier molecular flexibility index (Phi) is 4.02. The molecule has 3 nitrogen and oxygen atoms in total. The summed E-state index contributed by atoms with van der Waals surface area (Å²) in [4.78, 5) is 2.40. The summed E-state index contributed by atoms with van der Waals surface area (Å²) in [6.45, 7) is 7.75. The van der Waals surface area contributed by atoms with Crippen molar-refractivity contribution in [2.24, 2.45) is 5.73 Å². The standard InChI is InChI=1S/C14H22N2O/c1-11-3-4-13(9-12(11)2)16-7-8-17-14(10-16)5-6-15/h3-4,9,14H,5-8,10,15H2,1-2H3. The van der Waals surface area contributed by atoms with Gasteiger partial charge in [0.1, 0.15) is 0 Å². The Morgan fingerprint density at radius 1 is 1.35 bits per heavy atom. The number of hydrogen-bond donors (Lipinski definition) is 1. The summed E-state index contributed by atoms with van der Waals surface area (Å²) in [7, 11) is 0. The van der Waals surface area contributed by atoms with Gasteiger partial charge in [-0.25, -0.2) is 0 Å². The van der Waals surface area contributed by atoms with Crippen LogP contribution in [0.4, 0.5) is 5.69 Å². The number of hydrogen-bond acceptors (Lipinski definition) is 3. The first-order chi connectivity index (χ1) is 8.20. The molecule has 0 radical (unpaired) electrons. The largest absolute Gasteiger partial charge is 0.374 e. The smallest absolute Gasteiger partial charge is 0.0762 e. The zero-order valence-corrected chi connectivity index (χ0v) is 10.8. The average molecular weight is 234 g/mol. The predicted molar refractivity (Wildman–Crippen MR) is 71.5 cm³/mol. The van der Waals surface area contributed by atoms with Gasteiger partial charge in [-0.3, -0.25) is 0 Å². The maximum absolute atomic E-state index is 5.70. The quantitative estimate of drug-likeness (QED) is 0.867. The molecular formula is C14H22N2O. The van der Waals surface area contributed by atoms with Crippen LogP contribution >= 0.6 is 0 Å². The Balaban J connectivity index is 2.08. The topological polar surface area (TPSA) is 38.5 Å². The maximum atomic E-state index is 5.70. The van der Waals surface area contributed by atoms with Crippen molar-refractivity contribution in [1.29, 1.82) is 0 Å². The molecule has 0 amide bonds. The normalized spacial score (nSPS) is 20.6. The van der Waals surface area contributed by atoms with Crippen LogP contribution in [0.1, 0.15) is 17.5 Å².